The Kier molecular flexibility index (Phi) is 18.2. The maximum Gasteiger partial charge on any atom is 0.179 e. The first-order valence-electron chi connectivity index (χ1n) is 44.8. The van der Waals surface area contributed by atoms with Crippen LogP contribution in [0, 0.1) is 0 Å². The van der Waals surface area contributed by atoms with Crippen molar-refractivity contribution in [3.8, 4) is 90.6 Å². The lowest BCUT2D eigenvalue weighted by molar-refractivity contribution is 1.20. The van der Waals surface area contributed by atoms with Gasteiger partial charge < -0.3 is 0 Å². The molecule has 10 aromatic heterocycles. The summed E-state index contributed by atoms with van der Waals surface area (Å²) in [5, 5.41) is 25.4. The van der Waals surface area contributed by atoms with Crippen LogP contribution in [-0.2, 0) is 0 Å². The van der Waals surface area contributed by atoms with Crippen molar-refractivity contribution in [3.63, 3.8) is 0 Å². The molecule has 134 heavy (non-hydrogen) atoms. The summed E-state index contributed by atoms with van der Waals surface area (Å²) in [5.41, 5.74) is 18.9. The van der Waals surface area contributed by atoms with E-state index in [1.54, 1.807) is 0 Å². The highest BCUT2D eigenvalue weighted by Gasteiger charge is 2.26. The van der Waals surface area contributed by atoms with Gasteiger partial charge in [0.15, 0.2) is 17.5 Å². The van der Waals surface area contributed by atoms with Gasteiger partial charge in [0.2, 0.25) is 0 Å². The fourth-order valence-corrected chi connectivity index (χ4v) is 24.5. The van der Waals surface area contributed by atoms with Crippen LogP contribution in [0.15, 0.2) is 419 Å². The zero-order chi connectivity index (χ0) is 88.0. The molecule has 0 fully saturated rings. The van der Waals surface area contributed by atoms with Crippen LogP contribution in [-0.4, -0.2) is 44.9 Å². The highest BCUT2D eigenvalue weighted by atomic mass is 32.1. The minimum Gasteiger partial charge on any atom is -0.243 e. The number of benzene rings is 19. The quantitative estimate of drug-likeness (QED) is 0.137. The third-order valence-corrected chi connectivity index (χ3v) is 30.8. The Balaban J connectivity index is 0.000000102. The summed E-state index contributed by atoms with van der Waals surface area (Å²) in [5.74, 6) is 1.91. The summed E-state index contributed by atoms with van der Waals surface area (Å²) >= 11 is 7.27. The standard InChI is InChI=1S/C43H25N3S.C39H21N3S2.C39H23N3S/c1-2-10-26(11-3-1)27-18-19-29-25-30(21-20-28(29)24-27)40-34-14-6-8-16-36(34)44-43(46-40)42-32-13-5-4-12-31(32)33-22-23-38-39(41(33)45-42)35-15-7-9-17-37(35)47-38;1-2-12-24-22(10-1)25-20-21-33-34(28-14-5-8-19-32(28)43-33)36(25)41-37(24)39-40-30-17-6-3-13-27(30)35(42-39)29-16-9-15-26-23-11-4-7-18-31(23)44-38(26)29;1-2-11-24(12-3-1)25-13-10-14-26(23-25)36-30-17-6-8-19-32(30)40-39(42-36)38-28-16-5-4-15-27(28)29-21-22-34-35(37(29)41-38)31-18-7-9-20-33(31)43-34/h1-25H;1-21H;1-23H. The Morgan fingerprint density at radius 2 is 0.455 bits per heavy atom. The predicted octanol–water partition coefficient (Wildman–Crippen LogP) is 34.0. The molecule has 29 rings (SSSR count). The molecule has 0 bridgehead atoms. The van der Waals surface area contributed by atoms with Gasteiger partial charge in [-0.15, -0.1) is 45.3 Å². The van der Waals surface area contributed by atoms with Crippen LogP contribution in [0.2, 0.25) is 0 Å². The van der Waals surface area contributed by atoms with Crippen molar-refractivity contribution < 1.29 is 0 Å². The van der Waals surface area contributed by atoms with Gasteiger partial charge in [-0.3, -0.25) is 0 Å². The van der Waals surface area contributed by atoms with Crippen molar-refractivity contribution in [2.24, 2.45) is 0 Å². The second-order valence-electron chi connectivity index (χ2n) is 33.9. The zero-order valence-electron chi connectivity index (χ0n) is 71.5. The van der Waals surface area contributed by atoms with Crippen molar-refractivity contribution in [2.75, 3.05) is 0 Å². The Hall–Kier alpha value is -16.7. The van der Waals surface area contributed by atoms with Crippen molar-refractivity contribution >= 4 is 235 Å². The number of hydrogen-bond acceptors (Lipinski definition) is 13. The van der Waals surface area contributed by atoms with Gasteiger partial charge >= 0.3 is 0 Å². The molecule has 622 valence electrons. The highest BCUT2D eigenvalue weighted by molar-refractivity contribution is 7.27. The molecule has 0 aliphatic heterocycles. The molecule has 0 unspecified atom stereocenters. The maximum absolute atomic E-state index is 5.45. The number of hydrogen-bond donors (Lipinski definition) is 0. The Labute approximate surface area is 782 Å². The molecule has 0 N–H and O–H groups in total. The average molecular weight is 1780 g/mol. The number of nitrogens with zero attached hydrogens (tertiary/aromatic N) is 9. The van der Waals surface area contributed by atoms with Crippen LogP contribution in [0.4, 0.5) is 0 Å². The molecule has 0 amide bonds. The fraction of sp³-hybridized carbons (Fsp3) is 0. The van der Waals surface area contributed by atoms with Crippen LogP contribution in [0.1, 0.15) is 0 Å². The van der Waals surface area contributed by atoms with E-state index in [0.717, 1.165) is 154 Å². The first-order valence-corrected chi connectivity index (χ1v) is 48.0. The summed E-state index contributed by atoms with van der Waals surface area (Å²) in [4.78, 5) is 47.8. The molecular weight excluding hydrogens is 1710 g/mol. The van der Waals surface area contributed by atoms with E-state index in [-0.39, 0.29) is 0 Å². The zero-order valence-corrected chi connectivity index (χ0v) is 74.8. The van der Waals surface area contributed by atoms with E-state index in [9.17, 15) is 0 Å². The summed E-state index contributed by atoms with van der Waals surface area (Å²) in [6.07, 6.45) is 0. The van der Waals surface area contributed by atoms with Crippen LogP contribution in [0.5, 0.6) is 0 Å². The minimum atomic E-state index is 0.632. The maximum atomic E-state index is 5.45. The lowest BCUT2D eigenvalue weighted by Gasteiger charge is -2.13. The normalized spacial score (nSPS) is 11.9. The first-order chi connectivity index (χ1) is 66.4. The largest absolute Gasteiger partial charge is 0.243 e. The summed E-state index contributed by atoms with van der Waals surface area (Å²) in [6, 6.07) is 148. The lowest BCUT2D eigenvalue weighted by atomic mass is 9.98. The van der Waals surface area contributed by atoms with E-state index in [1.807, 2.05) is 63.5 Å². The summed E-state index contributed by atoms with van der Waals surface area (Å²) in [6.45, 7) is 0. The van der Waals surface area contributed by atoms with E-state index in [1.165, 1.54) is 108 Å². The summed E-state index contributed by atoms with van der Waals surface area (Å²) < 4.78 is 10.0. The molecule has 0 radical (unpaired) electrons. The van der Waals surface area contributed by atoms with E-state index < -0.39 is 0 Å². The molecule has 0 atom stereocenters. The molecule has 0 spiro atoms. The number of thiophene rings is 4. The van der Waals surface area contributed by atoms with Gasteiger partial charge in [0.25, 0.3) is 0 Å². The SMILES string of the molecule is c1ccc(-c2ccc3cc(-c4nc(-c5nc6c(ccc7sc8ccccc8c76)c6ccccc56)nc5ccccc45)ccc3c2)cc1.c1ccc(-c2cccc(-c3nc(-c4nc5c(ccc6sc7ccccc7c65)c5ccccc45)nc4ccccc34)c2)cc1.c1ccc2c(-c3cccc4c3sc3ccccc34)nc(-c3nc4c(ccc5sc6ccccc6c54)c4ccccc34)nc2c1. The van der Waals surface area contributed by atoms with Crippen LogP contribution in [0.3, 0.4) is 0 Å². The lowest BCUT2D eigenvalue weighted by Crippen LogP contribution is -1.98. The molecule has 19 aromatic carbocycles. The monoisotopic (exact) mass is 1780 g/mol. The van der Waals surface area contributed by atoms with Crippen LogP contribution >= 0.6 is 45.3 Å². The van der Waals surface area contributed by atoms with Gasteiger partial charge in [0.05, 0.1) is 50.2 Å². The molecule has 0 aliphatic rings. The molecule has 0 aliphatic carbocycles. The molecule has 0 saturated carbocycles. The smallest absolute Gasteiger partial charge is 0.179 e. The van der Waals surface area contributed by atoms with Gasteiger partial charge in [0.1, 0.15) is 17.1 Å². The van der Waals surface area contributed by atoms with Crippen molar-refractivity contribution in [1.82, 2.24) is 44.9 Å². The molecule has 13 heteroatoms. The van der Waals surface area contributed by atoms with Crippen LogP contribution < -0.4 is 0 Å². The van der Waals surface area contributed by atoms with Crippen molar-refractivity contribution in [3.05, 3.63) is 419 Å². The molecule has 29 aromatic rings. The highest BCUT2D eigenvalue weighted by Crippen LogP contribution is 2.49. The third-order valence-electron chi connectivity index (χ3n) is 26.2. The number of para-hydroxylation sites is 3. The predicted molar refractivity (Wildman–Crippen MR) is 570 cm³/mol. The summed E-state index contributed by atoms with van der Waals surface area (Å²) in [7, 11) is 0. The average Bonchev–Trinajstić information content (AvgIpc) is 1.38. The molecular formula is C121H69N9S4. The Morgan fingerprint density at radius 1 is 0.149 bits per heavy atom. The fourth-order valence-electron chi connectivity index (χ4n) is 20.0. The van der Waals surface area contributed by atoms with Gasteiger partial charge in [-0.2, -0.15) is 0 Å². The van der Waals surface area contributed by atoms with Gasteiger partial charge in [0, 0.05) is 146 Å². The van der Waals surface area contributed by atoms with Gasteiger partial charge in [-0.25, -0.2) is 44.9 Å². The molecule has 10 heterocycles. The van der Waals surface area contributed by atoms with E-state index in [2.05, 4.69) is 400 Å². The van der Waals surface area contributed by atoms with E-state index >= 15 is 0 Å². The van der Waals surface area contributed by atoms with Crippen LogP contribution in [0.25, 0.3) is 280 Å². The second-order valence-corrected chi connectivity index (χ2v) is 38.2. The number of rotatable bonds is 8. The number of aromatic nitrogens is 9. The van der Waals surface area contributed by atoms with Gasteiger partial charge in [-0.1, -0.05) is 340 Å². The van der Waals surface area contributed by atoms with Gasteiger partial charge in [-0.05, 0) is 128 Å². The Bertz CT molecular complexity index is 9960. The van der Waals surface area contributed by atoms with Crippen molar-refractivity contribution in [2.45, 2.75) is 0 Å². The third kappa shape index (κ3) is 12.9. The second kappa shape index (κ2) is 31.6. The molecule has 0 saturated heterocycles. The Morgan fingerprint density at radius 3 is 0.896 bits per heavy atom. The van der Waals surface area contributed by atoms with E-state index in [4.69, 9.17) is 44.9 Å². The van der Waals surface area contributed by atoms with Crippen molar-refractivity contribution in [1.29, 1.82) is 0 Å². The first kappa shape index (κ1) is 77.3. The number of pyridine rings is 3. The molecule has 9 nitrogen and oxygen atoms in total. The number of fused-ring (bicyclic) bond motifs is 28. The topological polar surface area (TPSA) is 116 Å². The van der Waals surface area contributed by atoms with E-state index in [0.29, 0.717) is 17.5 Å². The minimum absolute atomic E-state index is 0.632.